The molecule has 0 unspecified atom stereocenters. The molecule has 2 bridgehead atoms. The predicted octanol–water partition coefficient (Wildman–Crippen LogP) is 0.542. The van der Waals surface area contributed by atoms with Crippen molar-refractivity contribution in [2.75, 3.05) is 31.3 Å². The number of aromatic nitrogens is 2. The van der Waals surface area contributed by atoms with E-state index in [1.807, 2.05) is 40.7 Å². The van der Waals surface area contributed by atoms with Gasteiger partial charge in [-0.3, -0.25) is 0 Å². The van der Waals surface area contributed by atoms with E-state index < -0.39 is 31.0 Å². The molecule has 0 spiro atoms. The summed E-state index contributed by atoms with van der Waals surface area (Å²) in [5, 5.41) is 41.1. The molecular formula is C22H33N3O6. The zero-order valence-electron chi connectivity index (χ0n) is 17.9. The summed E-state index contributed by atoms with van der Waals surface area (Å²) in [5.74, 6) is 0.730. The highest BCUT2D eigenvalue weighted by molar-refractivity contribution is 5.51. The smallest absolute Gasteiger partial charge is 0.121 e. The van der Waals surface area contributed by atoms with Crippen LogP contribution in [0.2, 0.25) is 0 Å². The lowest BCUT2D eigenvalue weighted by Crippen LogP contribution is -2.51. The van der Waals surface area contributed by atoms with Crippen LogP contribution in [-0.2, 0) is 17.8 Å². The number of aliphatic hydroxyl groups is 4. The number of ether oxygens (including phenoxy) is 2. The molecule has 0 amide bonds. The molecule has 1 aromatic heterocycles. The molecular weight excluding hydrogens is 402 g/mol. The molecule has 0 radical (unpaired) electrons. The fraction of sp³-hybridized carbons (Fsp3) is 0.591. The number of aryl methyl sites for hydroxylation is 1. The SMILES string of the molecule is CCn1cncc1CN1C[C@@H](O)[C@@H](O)[C@@H]([C@H](O)CO)OCCCCOc2cccc1c2. The molecule has 1 aliphatic rings. The standard InChI is InChI=1S/C22H33N3O6/c1-2-24-15-23-11-17(24)12-25-13-19(27)21(29)22(20(28)14-26)31-9-4-3-8-30-18-7-5-6-16(25)10-18/h5-7,10-11,15,19-22,26-29H,2-4,8-9,12-14H2,1H3/t19-,20-,21-,22-/m1/s1. The second-order valence-corrected chi connectivity index (χ2v) is 7.75. The minimum atomic E-state index is -1.37. The molecule has 1 aromatic carbocycles. The van der Waals surface area contributed by atoms with Gasteiger partial charge in [-0.05, 0) is 31.9 Å². The van der Waals surface area contributed by atoms with Crippen LogP contribution in [0.15, 0.2) is 36.8 Å². The van der Waals surface area contributed by atoms with Crippen molar-refractivity contribution in [1.29, 1.82) is 0 Å². The lowest BCUT2D eigenvalue weighted by atomic mass is 10.0. The lowest BCUT2D eigenvalue weighted by molar-refractivity contribution is -0.141. The predicted molar refractivity (Wildman–Crippen MR) is 115 cm³/mol. The van der Waals surface area contributed by atoms with E-state index >= 15 is 0 Å². The zero-order valence-corrected chi connectivity index (χ0v) is 17.9. The van der Waals surface area contributed by atoms with Crippen LogP contribution in [0.4, 0.5) is 5.69 Å². The third kappa shape index (κ3) is 6.18. The molecule has 9 heteroatoms. The number of aliphatic hydroxyl groups excluding tert-OH is 4. The highest BCUT2D eigenvalue weighted by atomic mass is 16.5. The number of benzene rings is 1. The molecule has 2 aromatic rings. The van der Waals surface area contributed by atoms with E-state index in [4.69, 9.17) is 9.47 Å². The second kappa shape index (κ2) is 11.4. The van der Waals surface area contributed by atoms with Gasteiger partial charge in [0.05, 0.1) is 37.9 Å². The molecule has 9 nitrogen and oxygen atoms in total. The van der Waals surface area contributed by atoms with E-state index in [0.717, 1.165) is 30.1 Å². The van der Waals surface area contributed by atoms with E-state index in [1.165, 1.54) is 0 Å². The summed E-state index contributed by atoms with van der Waals surface area (Å²) in [7, 11) is 0. The molecule has 3 rings (SSSR count). The zero-order chi connectivity index (χ0) is 22.2. The van der Waals surface area contributed by atoms with Gasteiger partial charge in [0.1, 0.15) is 24.1 Å². The minimum absolute atomic E-state index is 0.0809. The molecule has 0 saturated carbocycles. The Morgan fingerprint density at radius 3 is 2.81 bits per heavy atom. The van der Waals surface area contributed by atoms with E-state index in [0.29, 0.717) is 19.6 Å². The van der Waals surface area contributed by atoms with Crippen LogP contribution in [0.25, 0.3) is 0 Å². The van der Waals surface area contributed by atoms with Crippen LogP contribution in [0.1, 0.15) is 25.5 Å². The number of fused-ring (bicyclic) bond motifs is 2. The van der Waals surface area contributed by atoms with E-state index in [9.17, 15) is 20.4 Å². The van der Waals surface area contributed by atoms with Crippen LogP contribution in [0.3, 0.4) is 0 Å². The number of anilines is 1. The molecule has 1 aliphatic heterocycles. The first-order valence-corrected chi connectivity index (χ1v) is 10.8. The topological polar surface area (TPSA) is 120 Å². The maximum atomic E-state index is 10.8. The van der Waals surface area contributed by atoms with Gasteiger partial charge < -0.3 is 39.4 Å². The summed E-state index contributed by atoms with van der Waals surface area (Å²) < 4.78 is 13.5. The second-order valence-electron chi connectivity index (χ2n) is 7.75. The number of nitrogens with zero attached hydrogens (tertiary/aromatic N) is 3. The molecule has 31 heavy (non-hydrogen) atoms. The Bertz CT molecular complexity index is 801. The number of rotatable bonds is 5. The molecule has 0 fully saturated rings. The maximum absolute atomic E-state index is 10.8. The van der Waals surface area contributed by atoms with Crippen LogP contribution in [-0.4, -0.2) is 80.8 Å². The van der Waals surface area contributed by atoms with Gasteiger partial charge in [-0.2, -0.15) is 0 Å². The quantitative estimate of drug-likeness (QED) is 0.537. The summed E-state index contributed by atoms with van der Waals surface area (Å²) >= 11 is 0. The van der Waals surface area contributed by atoms with Gasteiger partial charge in [-0.25, -0.2) is 4.98 Å². The van der Waals surface area contributed by atoms with Crippen molar-refractivity contribution in [2.45, 2.75) is 57.3 Å². The van der Waals surface area contributed by atoms with Gasteiger partial charge >= 0.3 is 0 Å². The van der Waals surface area contributed by atoms with Gasteiger partial charge in [0, 0.05) is 37.6 Å². The molecule has 0 aliphatic carbocycles. The van der Waals surface area contributed by atoms with Crippen molar-refractivity contribution >= 4 is 5.69 Å². The van der Waals surface area contributed by atoms with Crippen molar-refractivity contribution in [3.05, 3.63) is 42.5 Å². The fourth-order valence-corrected chi connectivity index (χ4v) is 3.70. The third-order valence-corrected chi connectivity index (χ3v) is 5.50. The summed E-state index contributed by atoms with van der Waals surface area (Å²) in [5.41, 5.74) is 1.78. The van der Waals surface area contributed by atoms with Crippen LogP contribution in [0.5, 0.6) is 5.75 Å². The first-order valence-electron chi connectivity index (χ1n) is 10.8. The Labute approximate surface area is 182 Å². The van der Waals surface area contributed by atoms with Gasteiger partial charge in [-0.15, -0.1) is 0 Å². The van der Waals surface area contributed by atoms with E-state index in [1.54, 1.807) is 12.5 Å². The van der Waals surface area contributed by atoms with Gasteiger partial charge in [-0.1, -0.05) is 6.07 Å². The molecule has 172 valence electrons. The van der Waals surface area contributed by atoms with E-state index in [-0.39, 0.29) is 13.2 Å². The van der Waals surface area contributed by atoms with Crippen molar-refractivity contribution < 1.29 is 29.9 Å². The van der Waals surface area contributed by atoms with Crippen molar-refractivity contribution in [2.24, 2.45) is 0 Å². The van der Waals surface area contributed by atoms with Crippen molar-refractivity contribution in [3.63, 3.8) is 0 Å². The average Bonchev–Trinajstić information content (AvgIpc) is 3.24. The maximum Gasteiger partial charge on any atom is 0.121 e. The van der Waals surface area contributed by atoms with Crippen LogP contribution >= 0.6 is 0 Å². The molecule has 0 saturated heterocycles. The Morgan fingerprint density at radius 2 is 2.03 bits per heavy atom. The van der Waals surface area contributed by atoms with Crippen molar-refractivity contribution in [3.8, 4) is 5.75 Å². The first-order chi connectivity index (χ1) is 15.0. The molecule has 4 atom stereocenters. The number of hydrogen-bond acceptors (Lipinski definition) is 8. The summed E-state index contributed by atoms with van der Waals surface area (Å²) in [6.45, 7) is 3.53. The highest BCUT2D eigenvalue weighted by Gasteiger charge is 2.34. The van der Waals surface area contributed by atoms with Gasteiger partial charge in [0.25, 0.3) is 0 Å². The summed E-state index contributed by atoms with van der Waals surface area (Å²) in [6.07, 6.45) is -0.0788. The molecule has 4 N–H and O–H groups in total. The molecule has 2 heterocycles. The minimum Gasteiger partial charge on any atom is -0.494 e. The van der Waals surface area contributed by atoms with Crippen molar-refractivity contribution in [1.82, 2.24) is 9.55 Å². The van der Waals surface area contributed by atoms with Crippen LogP contribution < -0.4 is 9.64 Å². The first kappa shape index (κ1) is 23.5. The third-order valence-electron chi connectivity index (χ3n) is 5.50. The number of imidazole rings is 1. The normalized spacial score (nSPS) is 24.3. The lowest BCUT2D eigenvalue weighted by Gasteiger charge is -2.34. The Kier molecular flexibility index (Phi) is 8.68. The van der Waals surface area contributed by atoms with E-state index in [2.05, 4.69) is 4.98 Å². The average molecular weight is 436 g/mol. The fourth-order valence-electron chi connectivity index (χ4n) is 3.70. The van der Waals surface area contributed by atoms with Gasteiger partial charge in [0.15, 0.2) is 0 Å². The summed E-state index contributed by atoms with van der Waals surface area (Å²) in [4.78, 5) is 6.14. The Morgan fingerprint density at radius 1 is 1.23 bits per heavy atom. The van der Waals surface area contributed by atoms with Crippen LogP contribution in [0, 0.1) is 0 Å². The monoisotopic (exact) mass is 435 g/mol. The number of hydrogen-bond donors (Lipinski definition) is 4. The largest absolute Gasteiger partial charge is 0.494 e. The highest BCUT2D eigenvalue weighted by Crippen LogP contribution is 2.25. The Balaban J connectivity index is 1.90. The number of β-amino-alcohol motifs (C(OH)–C–C–N with tert-alkyl or cyclic N) is 1. The van der Waals surface area contributed by atoms with Gasteiger partial charge in [0.2, 0.25) is 0 Å². The summed E-state index contributed by atoms with van der Waals surface area (Å²) in [6, 6.07) is 7.61. The Hall–Kier alpha value is -2.17.